The second kappa shape index (κ2) is 12.9. The van der Waals surface area contributed by atoms with Crippen LogP contribution in [0.15, 0.2) is 4.99 Å². The van der Waals surface area contributed by atoms with E-state index >= 15 is 0 Å². The van der Waals surface area contributed by atoms with E-state index < -0.39 is 0 Å². The van der Waals surface area contributed by atoms with Gasteiger partial charge in [-0.3, -0.25) is 4.79 Å². The summed E-state index contributed by atoms with van der Waals surface area (Å²) in [5, 5.41) is 7.25. The Morgan fingerprint density at radius 2 is 1.93 bits per heavy atom. The third-order valence-corrected chi connectivity index (χ3v) is 4.87. The number of amides is 1. The summed E-state index contributed by atoms with van der Waals surface area (Å²) in [4.78, 5) is 34.7. The van der Waals surface area contributed by atoms with Gasteiger partial charge in [0.15, 0.2) is 5.96 Å². The van der Waals surface area contributed by atoms with Gasteiger partial charge in [0.05, 0.1) is 18.3 Å². The van der Waals surface area contributed by atoms with Gasteiger partial charge in [0.25, 0.3) is 0 Å². The number of carbonyl (C=O) groups is 2. The molecule has 2 N–H and O–H groups in total. The number of likely N-dealkylation sites (N-methyl/N-ethyl adjacent to an activating group) is 1. The highest BCUT2D eigenvalue weighted by Gasteiger charge is 2.20. The molecular formula is C18H32IN5O3S. The summed E-state index contributed by atoms with van der Waals surface area (Å²) in [6, 6.07) is -0.176. The molecule has 0 fully saturated rings. The smallest absolute Gasteiger partial charge is 0.350 e. The molecule has 0 aliphatic carbocycles. The summed E-state index contributed by atoms with van der Waals surface area (Å²) in [6.45, 7) is 10.8. The zero-order chi connectivity index (χ0) is 20.6. The number of nitrogens with zero attached hydrogens (tertiary/aromatic N) is 3. The van der Waals surface area contributed by atoms with E-state index in [-0.39, 0.29) is 48.4 Å². The number of nitrogens with one attached hydrogen (secondary N) is 2. The van der Waals surface area contributed by atoms with Gasteiger partial charge in [-0.25, -0.2) is 14.8 Å². The molecule has 0 aliphatic heterocycles. The molecule has 0 aliphatic rings. The minimum atomic E-state index is -0.352. The highest BCUT2D eigenvalue weighted by atomic mass is 127. The molecule has 0 aromatic carbocycles. The Bertz CT molecular complexity index is 676. The Morgan fingerprint density at radius 1 is 1.29 bits per heavy atom. The fourth-order valence-electron chi connectivity index (χ4n) is 2.00. The summed E-state index contributed by atoms with van der Waals surface area (Å²) in [7, 11) is 3.40. The van der Waals surface area contributed by atoms with Gasteiger partial charge in [-0.2, -0.15) is 0 Å². The predicted octanol–water partition coefficient (Wildman–Crippen LogP) is 2.59. The molecule has 0 bridgehead atoms. The number of esters is 1. The molecule has 1 heterocycles. The van der Waals surface area contributed by atoms with E-state index in [0.717, 1.165) is 11.6 Å². The second-order valence-corrected chi connectivity index (χ2v) is 7.81. The van der Waals surface area contributed by atoms with Crippen LogP contribution in [0.5, 0.6) is 0 Å². The number of aliphatic imine (C=N–C) groups is 1. The van der Waals surface area contributed by atoms with E-state index in [1.54, 1.807) is 27.9 Å². The summed E-state index contributed by atoms with van der Waals surface area (Å²) >= 11 is 1.31. The summed E-state index contributed by atoms with van der Waals surface area (Å²) in [5.41, 5.74) is 0.651. The fraction of sp³-hybridized carbons (Fsp3) is 0.667. The zero-order valence-corrected chi connectivity index (χ0v) is 20.8. The van der Waals surface area contributed by atoms with Crippen molar-refractivity contribution in [3.05, 3.63) is 15.6 Å². The van der Waals surface area contributed by atoms with Crippen LogP contribution in [0.2, 0.25) is 0 Å². The van der Waals surface area contributed by atoms with Gasteiger partial charge in [-0.15, -0.1) is 35.3 Å². The van der Waals surface area contributed by atoms with E-state index in [1.807, 2.05) is 6.92 Å². The first-order valence-electron chi connectivity index (χ1n) is 9.05. The molecule has 0 spiro atoms. The van der Waals surface area contributed by atoms with Crippen LogP contribution in [-0.4, -0.2) is 61.5 Å². The van der Waals surface area contributed by atoms with Gasteiger partial charge in [-0.1, -0.05) is 13.8 Å². The topological polar surface area (TPSA) is 95.9 Å². The molecule has 1 atom stereocenters. The first-order chi connectivity index (χ1) is 12.6. The molecule has 1 amide bonds. The monoisotopic (exact) mass is 525 g/mol. The summed E-state index contributed by atoms with van der Waals surface area (Å²) < 4.78 is 5.07. The predicted molar refractivity (Wildman–Crippen MR) is 124 cm³/mol. The van der Waals surface area contributed by atoms with E-state index in [1.165, 1.54) is 16.2 Å². The van der Waals surface area contributed by atoms with Crippen LogP contribution in [0, 0.1) is 12.8 Å². The number of thiazole rings is 1. The summed E-state index contributed by atoms with van der Waals surface area (Å²) in [6.07, 6.45) is 0. The quantitative estimate of drug-likeness (QED) is 0.235. The van der Waals surface area contributed by atoms with Crippen molar-refractivity contribution >= 4 is 53.1 Å². The molecule has 28 heavy (non-hydrogen) atoms. The van der Waals surface area contributed by atoms with Crippen LogP contribution < -0.4 is 10.6 Å². The molecule has 10 heteroatoms. The first-order valence-corrected chi connectivity index (χ1v) is 9.86. The lowest BCUT2D eigenvalue weighted by Crippen LogP contribution is -2.41. The van der Waals surface area contributed by atoms with Crippen molar-refractivity contribution in [1.29, 1.82) is 0 Å². The van der Waals surface area contributed by atoms with Gasteiger partial charge in [0, 0.05) is 20.6 Å². The molecule has 0 radical (unpaired) electrons. The normalized spacial score (nSPS) is 12.2. The lowest BCUT2D eigenvalue weighted by molar-refractivity contribution is -0.127. The fourth-order valence-corrected chi connectivity index (χ4v) is 2.96. The van der Waals surface area contributed by atoms with E-state index in [9.17, 15) is 9.59 Å². The van der Waals surface area contributed by atoms with Crippen molar-refractivity contribution in [1.82, 2.24) is 20.5 Å². The van der Waals surface area contributed by atoms with Crippen LogP contribution in [0.4, 0.5) is 0 Å². The van der Waals surface area contributed by atoms with E-state index in [0.29, 0.717) is 29.1 Å². The molecule has 1 aromatic rings. The Labute approximate surface area is 188 Å². The molecule has 1 unspecified atom stereocenters. The Balaban J connectivity index is 0.00000729. The van der Waals surface area contributed by atoms with E-state index in [4.69, 9.17) is 4.74 Å². The van der Waals surface area contributed by atoms with E-state index in [2.05, 4.69) is 34.5 Å². The Hall–Kier alpha value is -1.43. The largest absolute Gasteiger partial charge is 0.462 e. The first kappa shape index (κ1) is 26.6. The molecule has 1 aromatic heterocycles. The number of hydrogen-bond acceptors (Lipinski definition) is 6. The second-order valence-electron chi connectivity index (χ2n) is 6.78. The third kappa shape index (κ3) is 8.72. The molecular weight excluding hydrogens is 493 g/mol. The Kier molecular flexibility index (Phi) is 12.3. The molecule has 8 nitrogen and oxygen atoms in total. The van der Waals surface area contributed by atoms with Crippen LogP contribution in [0.3, 0.4) is 0 Å². The summed E-state index contributed by atoms with van der Waals surface area (Å²) in [5.74, 6) is 0.531. The van der Waals surface area contributed by atoms with Gasteiger partial charge >= 0.3 is 5.97 Å². The van der Waals surface area contributed by atoms with Crippen LogP contribution in [0.1, 0.15) is 54.1 Å². The van der Waals surface area contributed by atoms with Crippen LogP contribution in [0.25, 0.3) is 0 Å². The third-order valence-electron chi connectivity index (χ3n) is 3.55. The maximum atomic E-state index is 12.0. The van der Waals surface area contributed by atoms with Crippen LogP contribution >= 0.6 is 35.3 Å². The maximum absolute atomic E-state index is 12.0. The maximum Gasteiger partial charge on any atom is 0.350 e. The Morgan fingerprint density at radius 3 is 2.46 bits per heavy atom. The van der Waals surface area contributed by atoms with Gasteiger partial charge in [-0.05, 0) is 26.7 Å². The van der Waals surface area contributed by atoms with Crippen molar-refractivity contribution in [2.75, 3.05) is 33.8 Å². The van der Waals surface area contributed by atoms with Gasteiger partial charge < -0.3 is 20.3 Å². The SMILES string of the molecule is CCOC(=O)c1sc(C(C)NC(=NCC(=O)N(C)C)NCC(C)C)nc1C.I. The zero-order valence-electron chi connectivity index (χ0n) is 17.7. The number of halogens is 1. The van der Waals surface area contributed by atoms with Gasteiger partial charge in [0.2, 0.25) is 5.91 Å². The number of ether oxygens (including phenoxy) is 1. The average Bonchev–Trinajstić information content (AvgIpc) is 2.98. The van der Waals surface area contributed by atoms with Crippen molar-refractivity contribution < 1.29 is 14.3 Å². The highest BCUT2D eigenvalue weighted by Crippen LogP contribution is 2.24. The number of hydrogen-bond donors (Lipinski definition) is 2. The minimum absolute atomic E-state index is 0. The lowest BCUT2D eigenvalue weighted by atomic mass is 10.2. The van der Waals surface area contributed by atoms with Crippen molar-refractivity contribution in [3.63, 3.8) is 0 Å². The lowest BCUT2D eigenvalue weighted by Gasteiger charge is -2.18. The number of carbonyl (C=O) groups excluding carboxylic acids is 2. The molecule has 1 rings (SSSR count). The minimum Gasteiger partial charge on any atom is -0.462 e. The van der Waals surface area contributed by atoms with Crippen molar-refractivity contribution in [2.45, 2.75) is 40.7 Å². The van der Waals surface area contributed by atoms with Gasteiger partial charge in [0.1, 0.15) is 16.4 Å². The number of rotatable bonds is 8. The van der Waals surface area contributed by atoms with Crippen molar-refractivity contribution in [2.24, 2.45) is 10.9 Å². The molecule has 160 valence electrons. The van der Waals surface area contributed by atoms with Crippen molar-refractivity contribution in [3.8, 4) is 0 Å². The molecule has 0 saturated heterocycles. The number of guanidine groups is 1. The number of aryl methyl sites for hydroxylation is 1. The average molecular weight is 525 g/mol. The number of aromatic nitrogens is 1. The van der Waals surface area contributed by atoms with Crippen LogP contribution in [-0.2, 0) is 9.53 Å². The molecule has 0 saturated carbocycles. The highest BCUT2D eigenvalue weighted by molar-refractivity contribution is 14.0. The standard InChI is InChI=1S/C18H31N5O3S.HI/c1-8-26-17(25)15-12(4)21-16(27-15)13(5)22-18(19-9-11(2)3)20-10-14(24)23(6)7;/h11,13H,8-10H2,1-7H3,(H2,19,20,22);1H.